The number of hydrogen-bond acceptors (Lipinski definition) is 4. The molecule has 0 bridgehead atoms. The van der Waals surface area contributed by atoms with Crippen molar-refractivity contribution in [3.8, 4) is 0 Å². The van der Waals surface area contributed by atoms with E-state index in [1.165, 1.54) is 29.9 Å². The number of nitro benzene ring substituents is 1. The second-order valence-corrected chi connectivity index (χ2v) is 7.05. The Hall–Kier alpha value is -2.41. The molecule has 1 saturated heterocycles. The van der Waals surface area contributed by atoms with Gasteiger partial charge in [0.05, 0.1) is 11.5 Å². The van der Waals surface area contributed by atoms with Gasteiger partial charge in [0, 0.05) is 36.6 Å². The van der Waals surface area contributed by atoms with Gasteiger partial charge in [-0.2, -0.15) is 0 Å². The summed E-state index contributed by atoms with van der Waals surface area (Å²) in [5.74, 6) is 0.937. The normalized spacial score (nSPS) is 14.7. The summed E-state index contributed by atoms with van der Waals surface area (Å²) in [4.78, 5) is 18.7. The summed E-state index contributed by atoms with van der Waals surface area (Å²) < 4.78 is 0. The average Bonchev–Trinajstić information content (AvgIpc) is 3.32. The van der Waals surface area contributed by atoms with Crippen molar-refractivity contribution < 1.29 is 4.92 Å². The molecule has 0 radical (unpaired) electrons. The van der Waals surface area contributed by atoms with Crippen LogP contribution in [0.2, 0.25) is 0 Å². The monoisotopic (exact) mass is 358 g/mol. The smallest absolute Gasteiger partial charge is 0.269 e. The first-order chi connectivity index (χ1) is 12.2. The largest absolute Gasteiger partial charge is 0.356 e. The SMILES string of the molecule is O=[N+]([O-])c1ccc(CN=C(NCCc2cccs2)N2CCCC2)cc1. The van der Waals surface area contributed by atoms with Gasteiger partial charge in [0.25, 0.3) is 5.69 Å². The lowest BCUT2D eigenvalue weighted by Crippen LogP contribution is -2.40. The number of hydrogen-bond donors (Lipinski definition) is 1. The molecular formula is C18H22N4O2S. The molecule has 1 aliphatic heterocycles. The van der Waals surface area contributed by atoms with Crippen LogP contribution in [0.15, 0.2) is 46.8 Å². The van der Waals surface area contributed by atoms with Gasteiger partial charge in [-0.15, -0.1) is 11.3 Å². The molecule has 1 N–H and O–H groups in total. The van der Waals surface area contributed by atoms with Gasteiger partial charge in [-0.05, 0) is 36.3 Å². The van der Waals surface area contributed by atoms with E-state index < -0.39 is 0 Å². The molecular weight excluding hydrogens is 336 g/mol. The first-order valence-corrected chi connectivity index (χ1v) is 9.39. The molecule has 1 aliphatic rings. The molecule has 7 heteroatoms. The average molecular weight is 358 g/mol. The molecule has 1 fully saturated rings. The zero-order chi connectivity index (χ0) is 17.5. The van der Waals surface area contributed by atoms with Gasteiger partial charge in [0.15, 0.2) is 5.96 Å². The van der Waals surface area contributed by atoms with Gasteiger partial charge >= 0.3 is 0 Å². The Labute approximate surface area is 151 Å². The second-order valence-electron chi connectivity index (χ2n) is 6.01. The van der Waals surface area contributed by atoms with Crippen molar-refractivity contribution in [1.29, 1.82) is 0 Å². The number of rotatable bonds is 6. The third-order valence-corrected chi connectivity index (χ3v) is 5.13. The quantitative estimate of drug-likeness (QED) is 0.372. The van der Waals surface area contributed by atoms with Crippen LogP contribution < -0.4 is 5.32 Å². The summed E-state index contributed by atoms with van der Waals surface area (Å²) >= 11 is 1.77. The van der Waals surface area contributed by atoms with Gasteiger partial charge in [0.1, 0.15) is 0 Å². The highest BCUT2D eigenvalue weighted by Crippen LogP contribution is 2.14. The van der Waals surface area contributed by atoms with E-state index in [9.17, 15) is 10.1 Å². The van der Waals surface area contributed by atoms with Crippen LogP contribution in [0.25, 0.3) is 0 Å². The maximum absolute atomic E-state index is 10.7. The summed E-state index contributed by atoms with van der Waals surface area (Å²) in [6.07, 6.45) is 3.38. The maximum atomic E-state index is 10.7. The molecule has 6 nitrogen and oxygen atoms in total. The summed E-state index contributed by atoms with van der Waals surface area (Å²) in [6, 6.07) is 10.8. The number of benzene rings is 1. The van der Waals surface area contributed by atoms with E-state index in [0.29, 0.717) is 6.54 Å². The Balaban J connectivity index is 1.61. The van der Waals surface area contributed by atoms with Crippen molar-refractivity contribution in [1.82, 2.24) is 10.2 Å². The fraction of sp³-hybridized carbons (Fsp3) is 0.389. The Morgan fingerprint density at radius 2 is 2.00 bits per heavy atom. The number of nitrogens with zero attached hydrogens (tertiary/aromatic N) is 3. The van der Waals surface area contributed by atoms with E-state index >= 15 is 0 Å². The molecule has 0 atom stereocenters. The Bertz CT molecular complexity index is 707. The van der Waals surface area contributed by atoms with Crippen LogP contribution in [0.3, 0.4) is 0 Å². The molecule has 0 saturated carbocycles. The molecule has 0 aliphatic carbocycles. The van der Waals surface area contributed by atoms with E-state index in [2.05, 4.69) is 27.7 Å². The second kappa shape index (κ2) is 8.62. The van der Waals surface area contributed by atoms with Gasteiger partial charge in [-0.3, -0.25) is 10.1 Å². The lowest BCUT2D eigenvalue weighted by Gasteiger charge is -2.21. The molecule has 0 unspecified atom stereocenters. The van der Waals surface area contributed by atoms with Gasteiger partial charge in [-0.1, -0.05) is 18.2 Å². The fourth-order valence-electron chi connectivity index (χ4n) is 2.84. The summed E-state index contributed by atoms with van der Waals surface area (Å²) in [5, 5.41) is 16.3. The van der Waals surface area contributed by atoms with E-state index in [1.54, 1.807) is 23.5 Å². The van der Waals surface area contributed by atoms with Crippen LogP contribution in [-0.4, -0.2) is 35.4 Å². The zero-order valence-electron chi connectivity index (χ0n) is 14.1. The number of nitro groups is 1. The third-order valence-electron chi connectivity index (χ3n) is 4.20. The van der Waals surface area contributed by atoms with E-state index in [1.807, 2.05) is 0 Å². The van der Waals surface area contributed by atoms with Crippen molar-refractivity contribution in [2.75, 3.05) is 19.6 Å². The molecule has 132 valence electrons. The number of guanidine groups is 1. The first-order valence-electron chi connectivity index (χ1n) is 8.51. The Morgan fingerprint density at radius 1 is 1.24 bits per heavy atom. The molecule has 2 aromatic rings. The van der Waals surface area contributed by atoms with Gasteiger partial charge in [0.2, 0.25) is 0 Å². The number of aliphatic imine (C=N–C) groups is 1. The lowest BCUT2D eigenvalue weighted by molar-refractivity contribution is -0.384. The molecule has 3 rings (SSSR count). The number of likely N-dealkylation sites (tertiary alicyclic amines) is 1. The predicted molar refractivity (Wildman–Crippen MR) is 101 cm³/mol. The van der Waals surface area contributed by atoms with Crippen LogP contribution >= 0.6 is 11.3 Å². The molecule has 0 amide bonds. The van der Waals surface area contributed by atoms with Crippen LogP contribution in [0, 0.1) is 10.1 Å². The van der Waals surface area contributed by atoms with Gasteiger partial charge < -0.3 is 10.2 Å². The lowest BCUT2D eigenvalue weighted by atomic mass is 10.2. The van der Waals surface area contributed by atoms with E-state index in [0.717, 1.165) is 37.6 Å². The van der Waals surface area contributed by atoms with Gasteiger partial charge in [-0.25, -0.2) is 4.99 Å². The minimum absolute atomic E-state index is 0.113. The molecule has 0 spiro atoms. The summed E-state index contributed by atoms with van der Waals surface area (Å²) in [5.41, 5.74) is 1.09. The van der Waals surface area contributed by atoms with Crippen molar-refractivity contribution in [3.05, 3.63) is 62.3 Å². The zero-order valence-corrected chi connectivity index (χ0v) is 14.9. The highest BCUT2D eigenvalue weighted by Gasteiger charge is 2.16. The topological polar surface area (TPSA) is 70.8 Å². The Kier molecular flexibility index (Phi) is 6.00. The molecule has 2 heterocycles. The number of non-ortho nitro benzene ring substituents is 1. The first kappa shape index (κ1) is 17.4. The highest BCUT2D eigenvalue weighted by atomic mass is 32.1. The number of nitrogens with one attached hydrogen (secondary N) is 1. The van der Waals surface area contributed by atoms with Crippen LogP contribution in [0.1, 0.15) is 23.3 Å². The maximum Gasteiger partial charge on any atom is 0.269 e. The van der Waals surface area contributed by atoms with E-state index in [4.69, 9.17) is 4.99 Å². The standard InChI is InChI=1S/C18H22N4O2S/c23-22(24)16-7-5-15(6-8-16)14-20-18(21-11-1-2-12-21)19-10-9-17-4-3-13-25-17/h3-8,13H,1-2,9-12,14H2,(H,19,20). The van der Waals surface area contributed by atoms with Crippen LogP contribution in [0.5, 0.6) is 0 Å². The summed E-state index contributed by atoms with van der Waals surface area (Å²) in [7, 11) is 0. The third kappa shape index (κ3) is 5.03. The minimum Gasteiger partial charge on any atom is -0.356 e. The van der Waals surface area contributed by atoms with E-state index in [-0.39, 0.29) is 10.6 Å². The molecule has 1 aromatic carbocycles. The summed E-state index contributed by atoms with van der Waals surface area (Å²) in [6.45, 7) is 3.45. The van der Waals surface area contributed by atoms with Crippen molar-refractivity contribution in [3.63, 3.8) is 0 Å². The number of thiophene rings is 1. The van der Waals surface area contributed by atoms with Crippen molar-refractivity contribution >= 4 is 23.0 Å². The highest BCUT2D eigenvalue weighted by molar-refractivity contribution is 7.09. The van der Waals surface area contributed by atoms with Crippen molar-refractivity contribution in [2.45, 2.75) is 25.8 Å². The predicted octanol–water partition coefficient (Wildman–Crippen LogP) is 3.44. The van der Waals surface area contributed by atoms with Crippen molar-refractivity contribution in [2.24, 2.45) is 4.99 Å². The molecule has 1 aromatic heterocycles. The fourth-order valence-corrected chi connectivity index (χ4v) is 3.55. The van der Waals surface area contributed by atoms with Crippen LogP contribution in [-0.2, 0) is 13.0 Å². The Morgan fingerprint density at radius 3 is 2.64 bits per heavy atom. The molecule has 25 heavy (non-hydrogen) atoms. The minimum atomic E-state index is -0.380. The van der Waals surface area contributed by atoms with Crippen LogP contribution in [0.4, 0.5) is 5.69 Å².